The minimum Gasteiger partial charge on any atom is -0.444 e. The molecule has 2 fully saturated rings. The van der Waals surface area contributed by atoms with Crippen molar-refractivity contribution in [2.75, 3.05) is 43.1 Å². The van der Waals surface area contributed by atoms with E-state index in [1.165, 1.54) is 24.3 Å². The van der Waals surface area contributed by atoms with Crippen molar-refractivity contribution in [3.63, 3.8) is 0 Å². The molecule has 2 aliphatic rings. The molecule has 0 aliphatic carbocycles. The number of Topliss-reactive ketones (excluding diaryl/α,β-unsaturated/α-hetero) is 1. The molecule has 0 unspecified atom stereocenters. The van der Waals surface area contributed by atoms with Gasteiger partial charge in [0.05, 0.1) is 6.67 Å². The van der Waals surface area contributed by atoms with Crippen LogP contribution in [0.2, 0.25) is 0 Å². The fourth-order valence-corrected chi connectivity index (χ4v) is 6.20. The summed E-state index contributed by atoms with van der Waals surface area (Å²) in [6, 6.07) is 23.5. The van der Waals surface area contributed by atoms with E-state index in [-0.39, 0.29) is 17.5 Å². The molecule has 1 N–H and O–H groups in total. The Balaban J connectivity index is 1.17. The summed E-state index contributed by atoms with van der Waals surface area (Å²) >= 11 is 0. The van der Waals surface area contributed by atoms with Gasteiger partial charge in [0.2, 0.25) is 5.91 Å². The summed E-state index contributed by atoms with van der Waals surface area (Å²) < 4.78 is 18.5. The Bertz CT molecular complexity index is 1460. The third-order valence-electron chi connectivity index (χ3n) is 8.58. The zero-order valence-corrected chi connectivity index (χ0v) is 26.4. The first-order valence-corrected chi connectivity index (χ1v) is 15.7. The van der Waals surface area contributed by atoms with Crippen LogP contribution in [-0.4, -0.2) is 71.6 Å². The van der Waals surface area contributed by atoms with Crippen molar-refractivity contribution in [2.45, 2.75) is 64.0 Å². The van der Waals surface area contributed by atoms with E-state index < -0.39 is 17.2 Å². The maximum Gasteiger partial charge on any atom is 0.412 e. The quantitative estimate of drug-likeness (QED) is 0.262. The van der Waals surface area contributed by atoms with Crippen LogP contribution >= 0.6 is 0 Å². The Labute approximate surface area is 265 Å². The molecule has 2 saturated heterocycles. The average molecular weight is 615 g/mol. The van der Waals surface area contributed by atoms with Crippen LogP contribution in [0, 0.1) is 5.82 Å². The number of nitrogens with zero attached hydrogens (tertiary/aromatic N) is 3. The second kappa shape index (κ2) is 13.8. The van der Waals surface area contributed by atoms with Gasteiger partial charge in [-0.3, -0.25) is 14.9 Å². The van der Waals surface area contributed by atoms with E-state index in [2.05, 4.69) is 27.2 Å². The van der Waals surface area contributed by atoms with E-state index >= 15 is 0 Å². The molecular weight excluding hydrogens is 571 g/mol. The van der Waals surface area contributed by atoms with Gasteiger partial charge >= 0.3 is 6.09 Å². The van der Waals surface area contributed by atoms with Crippen LogP contribution in [0.1, 0.15) is 62.4 Å². The van der Waals surface area contributed by atoms with Crippen molar-refractivity contribution in [1.82, 2.24) is 9.80 Å². The minimum absolute atomic E-state index is 0.0225. The monoisotopic (exact) mass is 614 g/mol. The number of likely N-dealkylation sites (tertiary alicyclic amines) is 1. The number of piperidine rings is 1. The molecule has 9 heteroatoms. The molecule has 45 heavy (non-hydrogen) atoms. The van der Waals surface area contributed by atoms with Crippen LogP contribution in [0.5, 0.6) is 0 Å². The fourth-order valence-electron chi connectivity index (χ4n) is 6.20. The Morgan fingerprint density at radius 2 is 1.58 bits per heavy atom. The van der Waals surface area contributed by atoms with Crippen LogP contribution in [0.3, 0.4) is 0 Å². The summed E-state index contributed by atoms with van der Waals surface area (Å²) in [7, 11) is 0. The summed E-state index contributed by atoms with van der Waals surface area (Å²) in [5, 5.41) is 2.76. The number of hydrogen-bond donors (Lipinski definition) is 1. The molecule has 3 aromatic carbocycles. The van der Waals surface area contributed by atoms with E-state index in [1.54, 1.807) is 0 Å². The maximum atomic E-state index is 14.1. The number of para-hydroxylation sites is 1. The van der Waals surface area contributed by atoms with Gasteiger partial charge < -0.3 is 19.4 Å². The van der Waals surface area contributed by atoms with Crippen LogP contribution < -0.4 is 10.2 Å². The normalized spacial score (nSPS) is 16.7. The van der Waals surface area contributed by atoms with Gasteiger partial charge in [0.15, 0.2) is 5.78 Å². The number of carbonyl (C=O) groups is 3. The number of carbonyl (C=O) groups excluding carboxylic acids is 3. The van der Waals surface area contributed by atoms with Gasteiger partial charge in [0.1, 0.15) is 17.0 Å². The maximum absolute atomic E-state index is 14.1. The van der Waals surface area contributed by atoms with E-state index in [1.807, 2.05) is 68.1 Å². The Morgan fingerprint density at radius 1 is 0.911 bits per heavy atom. The molecule has 238 valence electrons. The van der Waals surface area contributed by atoms with Crippen molar-refractivity contribution >= 4 is 29.2 Å². The molecule has 2 heterocycles. The molecule has 2 amide bonds. The predicted molar refractivity (Wildman–Crippen MR) is 174 cm³/mol. The molecule has 0 bridgehead atoms. The highest BCUT2D eigenvalue weighted by atomic mass is 19.1. The fraction of sp³-hybridized carbons (Fsp3) is 0.417. The summed E-state index contributed by atoms with van der Waals surface area (Å²) in [5.41, 5.74) is 2.16. The van der Waals surface area contributed by atoms with Gasteiger partial charge in [0.25, 0.3) is 0 Å². The number of anilines is 2. The Kier molecular flexibility index (Phi) is 9.87. The molecule has 2 aliphatic heterocycles. The van der Waals surface area contributed by atoms with Crippen molar-refractivity contribution in [3.8, 4) is 0 Å². The second-order valence-corrected chi connectivity index (χ2v) is 13.0. The summed E-state index contributed by atoms with van der Waals surface area (Å²) in [6.07, 6.45) is 2.77. The van der Waals surface area contributed by atoms with E-state index in [0.717, 1.165) is 37.3 Å². The SMILES string of the molecule is CC(C)(C)OC(=O)Nc1ccc(CCN2CN(c3ccccc3)C3(CCN(CCCC(=O)c4ccc(F)cc4)CC3)C2=O)cc1. The van der Waals surface area contributed by atoms with E-state index in [0.29, 0.717) is 50.1 Å². The zero-order valence-electron chi connectivity index (χ0n) is 26.4. The number of nitrogens with one attached hydrogen (secondary N) is 1. The molecular formula is C36H43FN4O4. The van der Waals surface area contributed by atoms with E-state index in [9.17, 15) is 18.8 Å². The van der Waals surface area contributed by atoms with Gasteiger partial charge in [-0.25, -0.2) is 9.18 Å². The number of halogens is 1. The Hall–Kier alpha value is -4.24. The van der Waals surface area contributed by atoms with Gasteiger partial charge in [0, 0.05) is 43.0 Å². The molecule has 0 aromatic heterocycles. The first-order valence-electron chi connectivity index (χ1n) is 15.7. The zero-order chi connectivity index (χ0) is 32.0. The number of ether oxygens (including phenoxy) is 1. The highest BCUT2D eigenvalue weighted by Crippen LogP contribution is 2.39. The van der Waals surface area contributed by atoms with Gasteiger partial charge in [-0.2, -0.15) is 0 Å². The van der Waals surface area contributed by atoms with Crippen molar-refractivity contribution in [3.05, 3.63) is 95.8 Å². The van der Waals surface area contributed by atoms with Crippen molar-refractivity contribution in [2.24, 2.45) is 0 Å². The lowest BCUT2D eigenvalue weighted by Crippen LogP contribution is -2.56. The highest BCUT2D eigenvalue weighted by molar-refractivity contribution is 5.96. The smallest absolute Gasteiger partial charge is 0.412 e. The van der Waals surface area contributed by atoms with Crippen molar-refractivity contribution in [1.29, 1.82) is 0 Å². The van der Waals surface area contributed by atoms with Crippen molar-refractivity contribution < 1.29 is 23.5 Å². The van der Waals surface area contributed by atoms with Gasteiger partial charge in [-0.1, -0.05) is 30.3 Å². The van der Waals surface area contributed by atoms with Crippen LogP contribution in [0.15, 0.2) is 78.9 Å². The minimum atomic E-state index is -0.594. The first kappa shape index (κ1) is 32.2. The number of hydrogen-bond acceptors (Lipinski definition) is 6. The summed E-state index contributed by atoms with van der Waals surface area (Å²) in [4.78, 5) is 45.3. The third-order valence-corrected chi connectivity index (χ3v) is 8.58. The largest absolute Gasteiger partial charge is 0.444 e. The van der Waals surface area contributed by atoms with Gasteiger partial charge in [-0.15, -0.1) is 0 Å². The molecule has 8 nitrogen and oxygen atoms in total. The molecule has 5 rings (SSSR count). The lowest BCUT2D eigenvalue weighted by Gasteiger charge is -2.43. The first-order chi connectivity index (χ1) is 21.5. The summed E-state index contributed by atoms with van der Waals surface area (Å²) in [6.45, 7) is 8.94. The lowest BCUT2D eigenvalue weighted by molar-refractivity contribution is -0.133. The molecule has 0 atom stereocenters. The standard InChI is InChI=1S/C36H43FN4O4/c1-35(2,3)45-34(44)38-30-17-11-27(12-18-30)19-23-40-26-41(31-8-5-4-6-9-31)36(33(40)43)20-24-39(25-21-36)22-7-10-32(42)28-13-15-29(37)16-14-28/h4-6,8-9,11-18H,7,10,19-26H2,1-3H3,(H,38,44). The van der Waals surface area contributed by atoms with Crippen LogP contribution in [0.4, 0.5) is 20.6 Å². The predicted octanol–water partition coefficient (Wildman–Crippen LogP) is 6.52. The summed E-state index contributed by atoms with van der Waals surface area (Å²) in [5.74, 6) is -0.156. The van der Waals surface area contributed by atoms with Crippen LogP contribution in [0.25, 0.3) is 0 Å². The number of benzene rings is 3. The lowest BCUT2D eigenvalue weighted by atomic mass is 9.85. The second-order valence-electron chi connectivity index (χ2n) is 13.0. The number of amides is 2. The molecule has 0 saturated carbocycles. The van der Waals surface area contributed by atoms with Gasteiger partial charge in [-0.05, 0) is 107 Å². The van der Waals surface area contributed by atoms with E-state index in [4.69, 9.17) is 4.74 Å². The third kappa shape index (κ3) is 8.08. The highest BCUT2D eigenvalue weighted by Gasteiger charge is 2.53. The molecule has 1 spiro atoms. The topological polar surface area (TPSA) is 82.2 Å². The number of ketones is 1. The van der Waals surface area contributed by atoms with Crippen LogP contribution in [-0.2, 0) is 16.0 Å². The molecule has 3 aromatic rings. The Morgan fingerprint density at radius 3 is 2.22 bits per heavy atom. The molecule has 0 radical (unpaired) electrons. The average Bonchev–Trinajstić information content (AvgIpc) is 3.28. The number of rotatable bonds is 10.